The van der Waals surface area contributed by atoms with Gasteiger partial charge in [-0.15, -0.1) is 11.6 Å². The minimum Gasteiger partial charge on any atom is -0.493 e. The fourth-order valence-electron chi connectivity index (χ4n) is 1.82. The van der Waals surface area contributed by atoms with E-state index in [1.807, 2.05) is 12.1 Å². The van der Waals surface area contributed by atoms with E-state index in [4.69, 9.17) is 20.8 Å². The average molecular weight is 253 g/mol. The Labute approximate surface area is 104 Å². The summed E-state index contributed by atoms with van der Waals surface area (Å²) in [6.45, 7) is 2.06. The Morgan fingerprint density at radius 3 is 2.71 bits per heavy atom. The van der Waals surface area contributed by atoms with E-state index >= 15 is 0 Å². The van der Waals surface area contributed by atoms with Crippen LogP contribution in [0.3, 0.4) is 0 Å². The van der Waals surface area contributed by atoms with E-state index in [1.54, 1.807) is 7.11 Å². The minimum absolute atomic E-state index is 0.276. The quantitative estimate of drug-likeness (QED) is 0.622. The molecule has 4 heteroatoms. The molecule has 2 aromatic rings. The summed E-state index contributed by atoms with van der Waals surface area (Å²) in [7, 11) is 1.56. The SMILES string of the molecule is CCc1cc(OC)c2oc(=O)cc(CCl)c2c1. The molecule has 0 fully saturated rings. The summed E-state index contributed by atoms with van der Waals surface area (Å²) in [6, 6.07) is 5.29. The van der Waals surface area contributed by atoms with E-state index in [2.05, 4.69) is 6.92 Å². The Bertz CT molecular complexity index is 601. The standard InChI is InChI=1S/C13H13ClO3/c1-3-8-4-10-9(7-14)6-12(15)17-13(10)11(5-8)16-2/h4-6H,3,7H2,1-2H3. The third-order valence-electron chi connectivity index (χ3n) is 2.73. The lowest BCUT2D eigenvalue weighted by atomic mass is 10.1. The van der Waals surface area contributed by atoms with Crippen molar-refractivity contribution < 1.29 is 9.15 Å². The maximum absolute atomic E-state index is 11.4. The molecular weight excluding hydrogens is 240 g/mol. The highest BCUT2D eigenvalue weighted by Crippen LogP contribution is 2.29. The molecule has 2 rings (SSSR count). The van der Waals surface area contributed by atoms with E-state index < -0.39 is 5.63 Å². The molecule has 0 spiro atoms. The van der Waals surface area contributed by atoms with Crippen molar-refractivity contribution in [3.63, 3.8) is 0 Å². The van der Waals surface area contributed by atoms with Crippen LogP contribution in [0, 0.1) is 0 Å². The van der Waals surface area contributed by atoms with E-state index in [0.717, 1.165) is 22.9 Å². The van der Waals surface area contributed by atoms with Gasteiger partial charge in [0.1, 0.15) is 0 Å². The van der Waals surface area contributed by atoms with Gasteiger partial charge in [0, 0.05) is 17.3 Å². The predicted molar refractivity (Wildman–Crippen MR) is 68.0 cm³/mol. The second kappa shape index (κ2) is 4.80. The summed E-state index contributed by atoms with van der Waals surface area (Å²) >= 11 is 5.85. The fourth-order valence-corrected chi connectivity index (χ4v) is 2.04. The molecule has 0 unspecified atom stereocenters. The van der Waals surface area contributed by atoms with Gasteiger partial charge < -0.3 is 9.15 Å². The predicted octanol–water partition coefficient (Wildman–Crippen LogP) is 3.10. The molecule has 3 nitrogen and oxygen atoms in total. The van der Waals surface area contributed by atoms with Crippen molar-refractivity contribution in [1.82, 2.24) is 0 Å². The molecular formula is C13H13ClO3. The summed E-state index contributed by atoms with van der Waals surface area (Å²) in [6.07, 6.45) is 0.882. The monoisotopic (exact) mass is 252 g/mol. The van der Waals surface area contributed by atoms with Crippen LogP contribution in [0.2, 0.25) is 0 Å². The zero-order chi connectivity index (χ0) is 12.4. The van der Waals surface area contributed by atoms with E-state index in [0.29, 0.717) is 11.3 Å². The van der Waals surface area contributed by atoms with Crippen molar-refractivity contribution in [2.24, 2.45) is 0 Å². The summed E-state index contributed by atoms with van der Waals surface area (Å²) in [5.74, 6) is 0.849. The van der Waals surface area contributed by atoms with E-state index in [9.17, 15) is 4.79 Å². The summed E-state index contributed by atoms with van der Waals surface area (Å²) < 4.78 is 10.4. The second-order valence-electron chi connectivity index (χ2n) is 3.75. The summed E-state index contributed by atoms with van der Waals surface area (Å²) in [5.41, 5.74) is 1.95. The molecule has 0 radical (unpaired) electrons. The largest absolute Gasteiger partial charge is 0.493 e. The van der Waals surface area contributed by atoms with Gasteiger partial charge in [0.2, 0.25) is 0 Å². The van der Waals surface area contributed by atoms with Crippen LogP contribution >= 0.6 is 11.6 Å². The zero-order valence-electron chi connectivity index (χ0n) is 9.75. The normalized spacial score (nSPS) is 10.8. The highest BCUT2D eigenvalue weighted by molar-refractivity contribution is 6.18. The Morgan fingerprint density at radius 1 is 1.35 bits per heavy atom. The lowest BCUT2D eigenvalue weighted by Gasteiger charge is -2.09. The van der Waals surface area contributed by atoms with Crippen LogP contribution in [0.4, 0.5) is 0 Å². The van der Waals surface area contributed by atoms with E-state index in [-0.39, 0.29) is 5.88 Å². The minimum atomic E-state index is -0.407. The first-order valence-electron chi connectivity index (χ1n) is 5.39. The molecule has 0 aliphatic rings. The molecule has 0 N–H and O–H groups in total. The third-order valence-corrected chi connectivity index (χ3v) is 3.02. The van der Waals surface area contributed by atoms with Crippen molar-refractivity contribution >= 4 is 22.6 Å². The number of hydrogen-bond donors (Lipinski definition) is 0. The lowest BCUT2D eigenvalue weighted by molar-refractivity contribution is 0.406. The molecule has 0 aliphatic heterocycles. The number of rotatable bonds is 3. The Balaban J connectivity index is 2.88. The summed E-state index contributed by atoms with van der Waals surface area (Å²) in [4.78, 5) is 11.4. The van der Waals surface area contributed by atoms with Crippen molar-refractivity contribution in [1.29, 1.82) is 0 Å². The van der Waals surface area contributed by atoms with Gasteiger partial charge >= 0.3 is 5.63 Å². The molecule has 0 bridgehead atoms. The van der Waals surface area contributed by atoms with Crippen LogP contribution < -0.4 is 10.4 Å². The molecule has 1 aromatic heterocycles. The number of halogens is 1. The van der Waals surface area contributed by atoms with Crippen LogP contribution in [-0.4, -0.2) is 7.11 Å². The molecule has 1 aromatic carbocycles. The maximum atomic E-state index is 11.4. The number of hydrogen-bond acceptors (Lipinski definition) is 3. The van der Waals surface area contributed by atoms with Crippen molar-refractivity contribution in [2.75, 3.05) is 7.11 Å². The van der Waals surface area contributed by atoms with Gasteiger partial charge in [-0.1, -0.05) is 6.92 Å². The molecule has 0 saturated heterocycles. The number of fused-ring (bicyclic) bond motifs is 1. The molecule has 0 atom stereocenters. The van der Waals surface area contributed by atoms with Gasteiger partial charge in [0.25, 0.3) is 0 Å². The third kappa shape index (κ3) is 2.15. The van der Waals surface area contributed by atoms with Gasteiger partial charge in [-0.05, 0) is 29.7 Å². The van der Waals surface area contributed by atoms with Gasteiger partial charge in [0.15, 0.2) is 11.3 Å². The molecule has 0 aliphatic carbocycles. The van der Waals surface area contributed by atoms with E-state index in [1.165, 1.54) is 6.07 Å². The number of methoxy groups -OCH3 is 1. The molecule has 1 heterocycles. The molecule has 90 valence electrons. The Hall–Kier alpha value is -1.48. The zero-order valence-corrected chi connectivity index (χ0v) is 10.5. The van der Waals surface area contributed by atoms with Crippen LogP contribution in [0.5, 0.6) is 5.75 Å². The molecule has 0 saturated carbocycles. The molecule has 0 amide bonds. The van der Waals surface area contributed by atoms with Crippen molar-refractivity contribution in [2.45, 2.75) is 19.2 Å². The van der Waals surface area contributed by atoms with Crippen LogP contribution in [0.25, 0.3) is 11.0 Å². The van der Waals surface area contributed by atoms with Gasteiger partial charge in [-0.25, -0.2) is 4.79 Å². The fraction of sp³-hybridized carbons (Fsp3) is 0.308. The number of benzene rings is 1. The highest BCUT2D eigenvalue weighted by Gasteiger charge is 2.11. The summed E-state index contributed by atoms with van der Waals surface area (Å²) in [5, 5.41) is 0.843. The Morgan fingerprint density at radius 2 is 2.12 bits per heavy atom. The highest BCUT2D eigenvalue weighted by atomic mass is 35.5. The Kier molecular flexibility index (Phi) is 3.38. The van der Waals surface area contributed by atoms with Crippen LogP contribution in [0.15, 0.2) is 27.4 Å². The number of aryl methyl sites for hydroxylation is 1. The first-order valence-corrected chi connectivity index (χ1v) is 5.92. The smallest absolute Gasteiger partial charge is 0.336 e. The van der Waals surface area contributed by atoms with Gasteiger partial charge in [-0.2, -0.15) is 0 Å². The first-order chi connectivity index (χ1) is 8.19. The maximum Gasteiger partial charge on any atom is 0.336 e. The van der Waals surface area contributed by atoms with Crippen LogP contribution in [-0.2, 0) is 12.3 Å². The lowest BCUT2D eigenvalue weighted by Crippen LogP contribution is -2.01. The number of alkyl halides is 1. The number of ether oxygens (including phenoxy) is 1. The average Bonchev–Trinajstić information content (AvgIpc) is 2.36. The van der Waals surface area contributed by atoms with Crippen LogP contribution in [0.1, 0.15) is 18.1 Å². The topological polar surface area (TPSA) is 39.4 Å². The second-order valence-corrected chi connectivity index (χ2v) is 4.02. The van der Waals surface area contributed by atoms with Gasteiger partial charge in [0.05, 0.1) is 7.11 Å². The van der Waals surface area contributed by atoms with Gasteiger partial charge in [-0.3, -0.25) is 0 Å². The first kappa shape index (κ1) is 12.0. The van der Waals surface area contributed by atoms with Crippen molar-refractivity contribution in [3.8, 4) is 5.75 Å². The van der Waals surface area contributed by atoms with Crippen molar-refractivity contribution in [3.05, 3.63) is 39.7 Å². The molecule has 17 heavy (non-hydrogen) atoms.